The van der Waals surface area contributed by atoms with Gasteiger partial charge in [0.05, 0.1) is 26.4 Å². The number of carbonyl (C=O) groups is 3. The van der Waals surface area contributed by atoms with E-state index < -0.39 is 11.9 Å². The molecule has 29 heavy (non-hydrogen) atoms. The summed E-state index contributed by atoms with van der Waals surface area (Å²) in [4.78, 5) is 40.9. The molecule has 8 nitrogen and oxygen atoms in total. The number of ether oxygens (including phenoxy) is 3. The predicted octanol–water partition coefficient (Wildman–Crippen LogP) is 1.95. The lowest BCUT2D eigenvalue weighted by Crippen LogP contribution is -2.39. The van der Waals surface area contributed by atoms with Gasteiger partial charge in [-0.25, -0.2) is 9.59 Å². The number of rotatable bonds is 4. The van der Waals surface area contributed by atoms with Gasteiger partial charge in [0.2, 0.25) is 0 Å². The Labute approximate surface area is 170 Å². The Bertz CT molecular complexity index is 826. The van der Waals surface area contributed by atoms with Crippen molar-refractivity contribution < 1.29 is 28.6 Å². The van der Waals surface area contributed by atoms with Gasteiger partial charge in [-0.1, -0.05) is 13.0 Å². The van der Waals surface area contributed by atoms with E-state index >= 15 is 0 Å². The average Bonchev–Trinajstić information content (AvgIpc) is 2.77. The molecule has 1 fully saturated rings. The van der Waals surface area contributed by atoms with Crippen molar-refractivity contribution in [2.45, 2.75) is 19.8 Å². The van der Waals surface area contributed by atoms with Crippen LogP contribution in [-0.4, -0.2) is 63.4 Å². The maximum atomic E-state index is 12.9. The number of hydrogen-bond acceptors (Lipinski definition) is 7. The lowest BCUT2D eigenvalue weighted by Gasteiger charge is -2.32. The Kier molecular flexibility index (Phi) is 6.53. The standard InChI is InChI=1S/C21H26N2O6/c1-14-7-9-22(10-8-14)19(24)15-5-4-6-16(11-15)23-13-29-12-17(20(25)27-2)18(23)21(26)28-3/h4-6,11,14H,7-10,12-13H2,1-3H3. The van der Waals surface area contributed by atoms with E-state index in [-0.39, 0.29) is 30.5 Å². The van der Waals surface area contributed by atoms with Crippen LogP contribution in [0.1, 0.15) is 30.1 Å². The van der Waals surface area contributed by atoms with Crippen molar-refractivity contribution in [1.82, 2.24) is 4.90 Å². The average molecular weight is 402 g/mol. The predicted molar refractivity (Wildman–Crippen MR) is 105 cm³/mol. The van der Waals surface area contributed by atoms with E-state index in [0.717, 1.165) is 25.9 Å². The molecule has 1 aromatic rings. The van der Waals surface area contributed by atoms with Gasteiger partial charge >= 0.3 is 11.9 Å². The molecule has 0 spiro atoms. The van der Waals surface area contributed by atoms with Crippen LogP contribution in [0.4, 0.5) is 5.69 Å². The second-order valence-corrected chi connectivity index (χ2v) is 7.24. The van der Waals surface area contributed by atoms with E-state index in [1.54, 1.807) is 24.3 Å². The summed E-state index contributed by atoms with van der Waals surface area (Å²) in [5.74, 6) is -0.756. The highest BCUT2D eigenvalue weighted by molar-refractivity contribution is 6.03. The molecule has 2 heterocycles. The van der Waals surface area contributed by atoms with Gasteiger partial charge in [0.25, 0.3) is 5.91 Å². The Morgan fingerprint density at radius 3 is 2.41 bits per heavy atom. The van der Waals surface area contributed by atoms with Crippen molar-refractivity contribution in [3.05, 3.63) is 41.1 Å². The van der Waals surface area contributed by atoms with Crippen molar-refractivity contribution in [1.29, 1.82) is 0 Å². The number of anilines is 1. The third-order valence-electron chi connectivity index (χ3n) is 5.31. The molecule has 0 unspecified atom stereocenters. The first-order valence-electron chi connectivity index (χ1n) is 9.60. The fourth-order valence-electron chi connectivity index (χ4n) is 3.55. The minimum Gasteiger partial charge on any atom is -0.466 e. The topological polar surface area (TPSA) is 85.4 Å². The Morgan fingerprint density at radius 1 is 1.07 bits per heavy atom. The van der Waals surface area contributed by atoms with Gasteiger partial charge in [0.15, 0.2) is 0 Å². The van der Waals surface area contributed by atoms with Crippen LogP contribution in [0.15, 0.2) is 35.5 Å². The number of nitrogens with zero attached hydrogens (tertiary/aromatic N) is 2. The van der Waals surface area contributed by atoms with Crippen LogP contribution in [-0.2, 0) is 23.8 Å². The highest BCUT2D eigenvalue weighted by Gasteiger charge is 2.33. The number of methoxy groups -OCH3 is 2. The molecule has 0 radical (unpaired) electrons. The fourth-order valence-corrected chi connectivity index (χ4v) is 3.55. The summed E-state index contributed by atoms with van der Waals surface area (Å²) in [5.41, 5.74) is 1.21. The number of hydrogen-bond donors (Lipinski definition) is 0. The smallest absolute Gasteiger partial charge is 0.355 e. The zero-order chi connectivity index (χ0) is 21.0. The van der Waals surface area contributed by atoms with Crippen LogP contribution < -0.4 is 4.90 Å². The normalized spacial score (nSPS) is 17.9. The molecule has 0 aromatic heterocycles. The lowest BCUT2D eigenvalue weighted by atomic mass is 9.98. The summed E-state index contributed by atoms with van der Waals surface area (Å²) in [6.45, 7) is 3.65. The van der Waals surface area contributed by atoms with Crippen molar-refractivity contribution >= 4 is 23.5 Å². The first kappa shape index (κ1) is 20.9. The van der Waals surface area contributed by atoms with Crippen LogP contribution in [0.5, 0.6) is 0 Å². The highest BCUT2D eigenvalue weighted by atomic mass is 16.5. The molecule has 3 rings (SSSR count). The quantitative estimate of drug-likeness (QED) is 0.712. The summed E-state index contributed by atoms with van der Waals surface area (Å²) in [6, 6.07) is 6.95. The second-order valence-electron chi connectivity index (χ2n) is 7.24. The fraction of sp³-hybridized carbons (Fsp3) is 0.476. The van der Waals surface area contributed by atoms with Crippen molar-refractivity contribution in [2.24, 2.45) is 5.92 Å². The third kappa shape index (κ3) is 4.42. The summed E-state index contributed by atoms with van der Waals surface area (Å²) < 4.78 is 15.1. The molecule has 0 N–H and O–H groups in total. The van der Waals surface area contributed by atoms with Gasteiger partial charge in [-0.2, -0.15) is 0 Å². The van der Waals surface area contributed by atoms with Crippen molar-refractivity contribution in [2.75, 3.05) is 45.5 Å². The van der Waals surface area contributed by atoms with E-state index in [2.05, 4.69) is 6.92 Å². The number of esters is 2. The van der Waals surface area contributed by atoms with E-state index in [4.69, 9.17) is 14.2 Å². The van der Waals surface area contributed by atoms with E-state index in [1.807, 2.05) is 4.90 Å². The van der Waals surface area contributed by atoms with Gasteiger partial charge in [0.1, 0.15) is 12.4 Å². The SMILES string of the molecule is COC(=O)C1=C(C(=O)OC)N(c2cccc(C(=O)N3CCC(C)CC3)c2)COC1. The first-order valence-corrected chi connectivity index (χ1v) is 9.60. The third-order valence-corrected chi connectivity index (χ3v) is 5.31. The van der Waals surface area contributed by atoms with Crippen LogP contribution >= 0.6 is 0 Å². The molecule has 8 heteroatoms. The van der Waals surface area contributed by atoms with Gasteiger partial charge in [-0.15, -0.1) is 0 Å². The summed E-state index contributed by atoms with van der Waals surface area (Å²) in [5, 5.41) is 0. The van der Waals surface area contributed by atoms with Gasteiger partial charge in [-0.05, 0) is 37.0 Å². The number of piperidine rings is 1. The molecule has 0 atom stereocenters. The molecular weight excluding hydrogens is 376 g/mol. The van der Waals surface area contributed by atoms with Crippen LogP contribution in [0.2, 0.25) is 0 Å². The van der Waals surface area contributed by atoms with Gasteiger partial charge < -0.3 is 24.0 Å². The molecular formula is C21H26N2O6. The number of carbonyl (C=O) groups excluding carboxylic acids is 3. The van der Waals surface area contributed by atoms with E-state index in [0.29, 0.717) is 17.2 Å². The molecule has 1 amide bonds. The first-order chi connectivity index (χ1) is 14.0. The Balaban J connectivity index is 1.93. The largest absolute Gasteiger partial charge is 0.466 e. The zero-order valence-corrected chi connectivity index (χ0v) is 17.0. The molecule has 2 aliphatic heterocycles. The van der Waals surface area contributed by atoms with Crippen LogP contribution in [0.3, 0.4) is 0 Å². The van der Waals surface area contributed by atoms with Crippen molar-refractivity contribution in [3.63, 3.8) is 0 Å². The Hall–Kier alpha value is -2.87. The molecule has 0 aliphatic carbocycles. The van der Waals surface area contributed by atoms with Gasteiger partial charge in [-0.3, -0.25) is 4.79 Å². The second kappa shape index (κ2) is 9.09. The van der Waals surface area contributed by atoms with Crippen LogP contribution in [0, 0.1) is 5.92 Å². The molecule has 0 saturated carbocycles. The lowest BCUT2D eigenvalue weighted by molar-refractivity contribution is -0.140. The molecule has 1 aromatic carbocycles. The molecule has 156 valence electrons. The van der Waals surface area contributed by atoms with Crippen LogP contribution in [0.25, 0.3) is 0 Å². The van der Waals surface area contributed by atoms with Crippen molar-refractivity contribution in [3.8, 4) is 0 Å². The number of benzene rings is 1. The zero-order valence-electron chi connectivity index (χ0n) is 17.0. The summed E-state index contributed by atoms with van der Waals surface area (Å²) in [7, 11) is 2.48. The molecule has 1 saturated heterocycles. The number of amides is 1. The minimum absolute atomic E-state index is 0.0454. The molecule has 2 aliphatic rings. The highest BCUT2D eigenvalue weighted by Crippen LogP contribution is 2.28. The van der Waals surface area contributed by atoms with Gasteiger partial charge in [0, 0.05) is 24.3 Å². The summed E-state index contributed by atoms with van der Waals surface area (Å²) >= 11 is 0. The van der Waals surface area contributed by atoms with E-state index in [9.17, 15) is 14.4 Å². The maximum Gasteiger partial charge on any atom is 0.355 e. The maximum absolute atomic E-state index is 12.9. The van der Waals surface area contributed by atoms with E-state index in [1.165, 1.54) is 19.1 Å². The summed E-state index contributed by atoms with van der Waals surface area (Å²) in [6.07, 6.45) is 1.98. The molecule has 0 bridgehead atoms. The monoisotopic (exact) mass is 402 g/mol. The minimum atomic E-state index is -0.671. The number of likely N-dealkylation sites (tertiary alicyclic amines) is 1. The Morgan fingerprint density at radius 2 is 1.76 bits per heavy atom.